The Kier molecular flexibility index (Phi) is 4.66. The Morgan fingerprint density at radius 1 is 1.50 bits per heavy atom. The average Bonchev–Trinajstić information content (AvgIpc) is 2.40. The molecule has 0 spiro atoms. The van der Waals surface area contributed by atoms with E-state index in [2.05, 4.69) is 15.2 Å². The zero-order valence-electron chi connectivity index (χ0n) is 10.5. The molecule has 98 valence electrons. The Labute approximate surface area is 107 Å². The van der Waals surface area contributed by atoms with Crippen molar-refractivity contribution in [3.05, 3.63) is 30.1 Å². The van der Waals surface area contributed by atoms with Gasteiger partial charge in [0.1, 0.15) is 0 Å². The molecule has 1 fully saturated rings. The van der Waals surface area contributed by atoms with Crippen LogP contribution in [-0.2, 0) is 11.3 Å². The third-order valence-electron chi connectivity index (χ3n) is 3.21. The van der Waals surface area contributed by atoms with Gasteiger partial charge in [0.05, 0.1) is 6.54 Å². The number of nitrogens with zero attached hydrogens (tertiary/aromatic N) is 2. The summed E-state index contributed by atoms with van der Waals surface area (Å²) in [6, 6.07) is 4.13. The lowest BCUT2D eigenvalue weighted by Crippen LogP contribution is -2.44. The zero-order valence-corrected chi connectivity index (χ0v) is 10.5. The molecule has 0 saturated carbocycles. The molecule has 2 rings (SSSR count). The van der Waals surface area contributed by atoms with Crippen LogP contribution >= 0.6 is 0 Å². The molecule has 18 heavy (non-hydrogen) atoms. The van der Waals surface area contributed by atoms with E-state index in [9.17, 15) is 4.79 Å². The van der Waals surface area contributed by atoms with Crippen molar-refractivity contribution in [1.29, 1.82) is 0 Å². The Hall–Kier alpha value is -1.46. The van der Waals surface area contributed by atoms with E-state index in [0.717, 1.165) is 31.5 Å². The summed E-state index contributed by atoms with van der Waals surface area (Å²) in [5.41, 5.74) is 6.85. The van der Waals surface area contributed by atoms with Gasteiger partial charge in [-0.1, -0.05) is 6.07 Å². The molecule has 1 aromatic heterocycles. The van der Waals surface area contributed by atoms with Crippen molar-refractivity contribution >= 4 is 5.91 Å². The van der Waals surface area contributed by atoms with Crippen molar-refractivity contribution in [3.8, 4) is 0 Å². The van der Waals surface area contributed by atoms with E-state index in [1.165, 1.54) is 0 Å². The van der Waals surface area contributed by atoms with Crippen LogP contribution in [0.1, 0.15) is 18.4 Å². The van der Waals surface area contributed by atoms with Gasteiger partial charge in [-0.05, 0) is 24.5 Å². The number of pyridine rings is 1. The predicted molar refractivity (Wildman–Crippen MR) is 69.7 cm³/mol. The fraction of sp³-hybridized carbons (Fsp3) is 0.538. The van der Waals surface area contributed by atoms with Crippen molar-refractivity contribution in [2.75, 3.05) is 19.6 Å². The maximum atomic E-state index is 11.8. The number of rotatable bonds is 4. The Morgan fingerprint density at radius 2 is 2.28 bits per heavy atom. The predicted octanol–water partition coefficient (Wildman–Crippen LogP) is 0.121. The first-order chi connectivity index (χ1) is 8.74. The maximum Gasteiger partial charge on any atom is 0.234 e. The van der Waals surface area contributed by atoms with Crippen LogP contribution in [-0.4, -0.2) is 41.5 Å². The molecular formula is C13H20N4O. The van der Waals surface area contributed by atoms with Gasteiger partial charge < -0.3 is 11.1 Å². The fourth-order valence-electron chi connectivity index (χ4n) is 2.07. The largest absolute Gasteiger partial charge is 0.351 e. The van der Waals surface area contributed by atoms with Crippen LogP contribution in [0.4, 0.5) is 0 Å². The normalized spacial score (nSPS) is 17.6. The molecule has 0 aliphatic carbocycles. The smallest absolute Gasteiger partial charge is 0.234 e. The minimum atomic E-state index is 0.0642. The summed E-state index contributed by atoms with van der Waals surface area (Å²) in [6.07, 6.45) is 5.45. The highest BCUT2D eigenvalue weighted by atomic mass is 16.2. The molecular weight excluding hydrogens is 228 g/mol. The summed E-state index contributed by atoms with van der Waals surface area (Å²) in [5, 5.41) is 2.91. The molecule has 1 amide bonds. The van der Waals surface area contributed by atoms with Crippen molar-refractivity contribution in [2.24, 2.45) is 5.73 Å². The van der Waals surface area contributed by atoms with E-state index < -0.39 is 0 Å². The third-order valence-corrected chi connectivity index (χ3v) is 3.21. The lowest BCUT2D eigenvalue weighted by atomic mass is 10.1. The first-order valence-corrected chi connectivity index (χ1v) is 6.37. The second kappa shape index (κ2) is 6.47. The third kappa shape index (κ3) is 4.09. The number of nitrogens with one attached hydrogen (secondary N) is 1. The molecule has 5 nitrogen and oxygen atoms in total. The fourth-order valence-corrected chi connectivity index (χ4v) is 2.07. The van der Waals surface area contributed by atoms with Crippen LogP contribution in [0.15, 0.2) is 24.5 Å². The van der Waals surface area contributed by atoms with Crippen molar-refractivity contribution < 1.29 is 4.79 Å². The van der Waals surface area contributed by atoms with Gasteiger partial charge in [0.25, 0.3) is 0 Å². The second-order valence-corrected chi connectivity index (χ2v) is 4.75. The van der Waals surface area contributed by atoms with E-state index in [4.69, 9.17) is 5.73 Å². The number of nitrogens with two attached hydrogens (primary N) is 1. The standard InChI is InChI=1S/C13H20N4O/c14-12-3-6-17(7-4-12)10-13(18)16-9-11-2-1-5-15-8-11/h1-2,5,8,12H,3-4,6-7,9-10,14H2,(H,16,18). The summed E-state index contributed by atoms with van der Waals surface area (Å²) >= 11 is 0. The van der Waals surface area contributed by atoms with Gasteiger partial charge in [0.15, 0.2) is 0 Å². The molecule has 0 unspecified atom stereocenters. The first-order valence-electron chi connectivity index (χ1n) is 6.37. The molecule has 1 aliphatic rings. The van der Waals surface area contributed by atoms with Crippen LogP contribution < -0.4 is 11.1 Å². The van der Waals surface area contributed by atoms with Crippen LogP contribution in [0.25, 0.3) is 0 Å². The SMILES string of the molecule is NC1CCN(CC(=O)NCc2cccnc2)CC1. The molecule has 3 N–H and O–H groups in total. The Balaban J connectivity index is 1.69. The minimum absolute atomic E-state index is 0.0642. The highest BCUT2D eigenvalue weighted by Gasteiger charge is 2.17. The van der Waals surface area contributed by atoms with E-state index in [1.807, 2.05) is 12.1 Å². The molecule has 0 aromatic carbocycles. The molecule has 1 saturated heterocycles. The van der Waals surface area contributed by atoms with Crippen LogP contribution in [0.3, 0.4) is 0 Å². The number of carbonyl (C=O) groups excluding carboxylic acids is 1. The van der Waals surface area contributed by atoms with E-state index in [0.29, 0.717) is 19.1 Å². The van der Waals surface area contributed by atoms with Gasteiger partial charge in [-0.2, -0.15) is 0 Å². The monoisotopic (exact) mass is 248 g/mol. The van der Waals surface area contributed by atoms with Gasteiger partial charge in [0, 0.05) is 38.1 Å². The number of likely N-dealkylation sites (tertiary alicyclic amines) is 1. The van der Waals surface area contributed by atoms with Crippen molar-refractivity contribution in [2.45, 2.75) is 25.4 Å². The van der Waals surface area contributed by atoms with Crippen molar-refractivity contribution in [3.63, 3.8) is 0 Å². The molecule has 5 heteroatoms. The number of amides is 1. The first kappa shape index (κ1) is 13.0. The zero-order chi connectivity index (χ0) is 12.8. The Bertz CT molecular complexity index is 374. The van der Waals surface area contributed by atoms with Crippen LogP contribution in [0.5, 0.6) is 0 Å². The quantitative estimate of drug-likeness (QED) is 0.794. The highest BCUT2D eigenvalue weighted by molar-refractivity contribution is 5.78. The average molecular weight is 248 g/mol. The topological polar surface area (TPSA) is 71.2 Å². The van der Waals surface area contributed by atoms with Crippen LogP contribution in [0, 0.1) is 0 Å². The maximum absolute atomic E-state index is 11.8. The lowest BCUT2D eigenvalue weighted by Gasteiger charge is -2.29. The van der Waals surface area contributed by atoms with Crippen molar-refractivity contribution in [1.82, 2.24) is 15.2 Å². The molecule has 0 radical (unpaired) electrons. The molecule has 2 heterocycles. The molecule has 1 aliphatic heterocycles. The minimum Gasteiger partial charge on any atom is -0.351 e. The number of carbonyl (C=O) groups is 1. The van der Waals surface area contributed by atoms with Gasteiger partial charge in [-0.25, -0.2) is 0 Å². The number of aromatic nitrogens is 1. The summed E-state index contributed by atoms with van der Waals surface area (Å²) in [6.45, 7) is 2.84. The number of hydrogen-bond acceptors (Lipinski definition) is 4. The van der Waals surface area contributed by atoms with Gasteiger partial charge in [-0.3, -0.25) is 14.7 Å². The number of piperidine rings is 1. The highest BCUT2D eigenvalue weighted by Crippen LogP contribution is 2.07. The van der Waals surface area contributed by atoms with Gasteiger partial charge >= 0.3 is 0 Å². The van der Waals surface area contributed by atoms with E-state index >= 15 is 0 Å². The lowest BCUT2D eigenvalue weighted by molar-refractivity contribution is -0.122. The van der Waals surface area contributed by atoms with Crippen LogP contribution in [0.2, 0.25) is 0 Å². The molecule has 0 atom stereocenters. The van der Waals surface area contributed by atoms with E-state index in [1.54, 1.807) is 12.4 Å². The second-order valence-electron chi connectivity index (χ2n) is 4.75. The summed E-state index contributed by atoms with van der Waals surface area (Å²) < 4.78 is 0. The Morgan fingerprint density at radius 3 is 2.94 bits per heavy atom. The van der Waals surface area contributed by atoms with E-state index in [-0.39, 0.29) is 5.91 Å². The van der Waals surface area contributed by atoms with Gasteiger partial charge in [0.2, 0.25) is 5.91 Å². The molecule has 1 aromatic rings. The summed E-state index contributed by atoms with van der Waals surface area (Å²) in [7, 11) is 0. The number of hydrogen-bond donors (Lipinski definition) is 2. The molecule has 0 bridgehead atoms. The van der Waals surface area contributed by atoms with Gasteiger partial charge in [-0.15, -0.1) is 0 Å². The summed E-state index contributed by atoms with van der Waals surface area (Å²) in [5.74, 6) is 0.0642. The summed E-state index contributed by atoms with van der Waals surface area (Å²) in [4.78, 5) is 17.9.